The molecule has 0 saturated carbocycles. The molecule has 4 aromatic heterocycles. The van der Waals surface area contributed by atoms with E-state index < -0.39 is 0 Å². The van der Waals surface area contributed by atoms with Crippen molar-refractivity contribution in [2.45, 2.75) is 0 Å². The lowest BCUT2D eigenvalue weighted by molar-refractivity contribution is 0.658. The third-order valence-electron chi connectivity index (χ3n) is 8.70. The SMILES string of the molecule is c1ccc2c(-c3ccc(-c4c5oc6ccccc6c5cc5c4oc4ccccc45)cc3)c3c(nc2c1)sc1ccccc13. The Morgan fingerprint density at radius 3 is 1.67 bits per heavy atom. The highest BCUT2D eigenvalue weighted by molar-refractivity contribution is 7.25. The van der Waals surface area contributed by atoms with E-state index in [2.05, 4.69) is 103 Å². The van der Waals surface area contributed by atoms with Crippen molar-refractivity contribution in [3.8, 4) is 22.3 Å². The first kappa shape index (κ1) is 23.1. The van der Waals surface area contributed by atoms with Crippen molar-refractivity contribution in [1.82, 2.24) is 4.98 Å². The molecular weight excluding hydrogens is 547 g/mol. The molecule has 10 rings (SSSR count). The van der Waals surface area contributed by atoms with Gasteiger partial charge in [0.25, 0.3) is 0 Å². The van der Waals surface area contributed by atoms with Gasteiger partial charge in [0.1, 0.15) is 27.2 Å². The molecule has 0 atom stereocenters. The van der Waals surface area contributed by atoms with Gasteiger partial charge in [0.05, 0.1) is 11.1 Å². The summed E-state index contributed by atoms with van der Waals surface area (Å²) < 4.78 is 14.3. The van der Waals surface area contributed by atoms with E-state index >= 15 is 0 Å². The summed E-state index contributed by atoms with van der Waals surface area (Å²) in [5, 5.41) is 8.03. The van der Waals surface area contributed by atoms with E-state index in [0.717, 1.165) is 76.3 Å². The van der Waals surface area contributed by atoms with Crippen molar-refractivity contribution in [2.24, 2.45) is 0 Å². The number of hydrogen-bond acceptors (Lipinski definition) is 4. The summed E-state index contributed by atoms with van der Waals surface area (Å²) in [6.45, 7) is 0. The molecule has 0 fully saturated rings. The lowest BCUT2D eigenvalue weighted by Gasteiger charge is -2.11. The number of para-hydroxylation sites is 3. The predicted molar refractivity (Wildman–Crippen MR) is 180 cm³/mol. The monoisotopic (exact) mass is 567 g/mol. The first-order valence-electron chi connectivity index (χ1n) is 14.4. The number of pyridine rings is 1. The van der Waals surface area contributed by atoms with Crippen molar-refractivity contribution >= 4 is 86.4 Å². The topological polar surface area (TPSA) is 39.2 Å². The molecule has 0 amide bonds. The van der Waals surface area contributed by atoms with Gasteiger partial charge in [-0.2, -0.15) is 0 Å². The van der Waals surface area contributed by atoms with Gasteiger partial charge in [0.2, 0.25) is 0 Å². The molecule has 200 valence electrons. The second-order valence-corrected chi connectivity index (χ2v) is 12.1. The van der Waals surface area contributed by atoms with Crippen LogP contribution in [0.4, 0.5) is 0 Å². The molecule has 0 spiro atoms. The van der Waals surface area contributed by atoms with E-state index in [1.54, 1.807) is 11.3 Å². The van der Waals surface area contributed by atoms with Gasteiger partial charge >= 0.3 is 0 Å². The molecule has 4 heterocycles. The molecule has 0 unspecified atom stereocenters. The van der Waals surface area contributed by atoms with Crippen molar-refractivity contribution in [1.29, 1.82) is 0 Å². The third-order valence-corrected chi connectivity index (χ3v) is 9.76. The molecule has 6 aromatic carbocycles. The average molecular weight is 568 g/mol. The Kier molecular flexibility index (Phi) is 4.60. The van der Waals surface area contributed by atoms with Gasteiger partial charge in [0.15, 0.2) is 0 Å². The van der Waals surface area contributed by atoms with Gasteiger partial charge in [-0.3, -0.25) is 0 Å². The fourth-order valence-electron chi connectivity index (χ4n) is 6.78. The van der Waals surface area contributed by atoms with E-state index in [9.17, 15) is 0 Å². The minimum Gasteiger partial charge on any atom is -0.455 e. The Hall–Kier alpha value is -5.45. The summed E-state index contributed by atoms with van der Waals surface area (Å²) in [6.07, 6.45) is 0. The van der Waals surface area contributed by atoms with Crippen LogP contribution < -0.4 is 0 Å². The van der Waals surface area contributed by atoms with E-state index in [1.807, 2.05) is 24.3 Å². The minimum absolute atomic E-state index is 0.848. The molecule has 0 aliphatic heterocycles. The molecule has 4 heteroatoms. The standard InChI is InChI=1S/C39H21NO2S/c1-5-13-30-26(11-1)34(36-27-12-4-8-16-33(27)43-39(36)40-30)22-17-19-23(20-18-22)35-37-28(24-9-2-6-14-31(24)41-37)21-29-25-10-3-7-15-32(25)42-38(29)35/h1-21H. The third kappa shape index (κ3) is 3.21. The Morgan fingerprint density at radius 1 is 0.465 bits per heavy atom. The highest BCUT2D eigenvalue weighted by Crippen LogP contribution is 2.46. The Bertz CT molecular complexity index is 2640. The zero-order valence-electron chi connectivity index (χ0n) is 22.8. The molecular formula is C39H21NO2S. The minimum atomic E-state index is 0.848. The van der Waals surface area contributed by atoms with Crippen LogP contribution in [0.2, 0.25) is 0 Å². The van der Waals surface area contributed by atoms with E-state index in [4.69, 9.17) is 13.8 Å². The molecule has 0 aliphatic rings. The number of hydrogen-bond donors (Lipinski definition) is 0. The highest BCUT2D eigenvalue weighted by atomic mass is 32.1. The van der Waals surface area contributed by atoms with E-state index in [1.165, 1.54) is 21.0 Å². The summed E-state index contributed by atoms with van der Waals surface area (Å²) in [5.74, 6) is 0. The zero-order valence-corrected chi connectivity index (χ0v) is 23.6. The van der Waals surface area contributed by atoms with Crippen LogP contribution in [0.15, 0.2) is 136 Å². The number of nitrogens with zero attached hydrogens (tertiary/aromatic N) is 1. The molecule has 0 saturated heterocycles. The van der Waals surface area contributed by atoms with Crippen LogP contribution in [0.25, 0.3) is 97.3 Å². The fraction of sp³-hybridized carbons (Fsp3) is 0. The van der Waals surface area contributed by atoms with Crippen LogP contribution >= 0.6 is 11.3 Å². The Balaban J connectivity index is 1.27. The Morgan fingerprint density at radius 2 is 1.00 bits per heavy atom. The summed E-state index contributed by atoms with van der Waals surface area (Å²) in [5.41, 5.74) is 8.89. The van der Waals surface area contributed by atoms with Crippen molar-refractivity contribution < 1.29 is 8.83 Å². The van der Waals surface area contributed by atoms with Crippen LogP contribution in [0.5, 0.6) is 0 Å². The number of aromatic nitrogens is 1. The predicted octanol–water partition coefficient (Wildman–Crippen LogP) is 11.7. The largest absolute Gasteiger partial charge is 0.455 e. The molecule has 10 aromatic rings. The first-order valence-corrected chi connectivity index (χ1v) is 15.2. The zero-order chi connectivity index (χ0) is 28.1. The van der Waals surface area contributed by atoms with Crippen molar-refractivity contribution in [3.05, 3.63) is 127 Å². The second kappa shape index (κ2) is 8.54. The van der Waals surface area contributed by atoms with Crippen LogP contribution in [-0.2, 0) is 0 Å². The maximum absolute atomic E-state index is 6.54. The van der Waals surface area contributed by atoms with Crippen LogP contribution in [0.3, 0.4) is 0 Å². The quantitative estimate of drug-likeness (QED) is 0.209. The first-order chi connectivity index (χ1) is 21.3. The molecule has 43 heavy (non-hydrogen) atoms. The number of rotatable bonds is 2. The summed E-state index contributed by atoms with van der Waals surface area (Å²) in [7, 11) is 0. The normalized spacial score (nSPS) is 12.2. The lowest BCUT2D eigenvalue weighted by atomic mass is 9.93. The number of thiophene rings is 1. The van der Waals surface area contributed by atoms with E-state index in [-0.39, 0.29) is 0 Å². The average Bonchev–Trinajstić information content (AvgIpc) is 3.74. The molecule has 0 radical (unpaired) electrons. The lowest BCUT2D eigenvalue weighted by Crippen LogP contribution is -1.88. The van der Waals surface area contributed by atoms with Gasteiger partial charge in [0, 0.05) is 48.0 Å². The maximum Gasteiger partial charge on any atom is 0.147 e. The van der Waals surface area contributed by atoms with E-state index in [0.29, 0.717) is 0 Å². The van der Waals surface area contributed by atoms with Crippen molar-refractivity contribution in [2.75, 3.05) is 0 Å². The van der Waals surface area contributed by atoms with Gasteiger partial charge in [-0.05, 0) is 41.5 Å². The van der Waals surface area contributed by atoms with Crippen LogP contribution in [-0.4, -0.2) is 4.98 Å². The summed E-state index contributed by atoms with van der Waals surface area (Å²) in [4.78, 5) is 6.13. The number of benzene rings is 6. The summed E-state index contributed by atoms with van der Waals surface area (Å²) in [6, 6.07) is 44.7. The van der Waals surface area contributed by atoms with Gasteiger partial charge in [-0.1, -0.05) is 97.1 Å². The molecule has 3 nitrogen and oxygen atoms in total. The number of fused-ring (bicyclic) bond motifs is 10. The number of furan rings is 2. The van der Waals surface area contributed by atoms with Crippen molar-refractivity contribution in [3.63, 3.8) is 0 Å². The molecule has 0 N–H and O–H groups in total. The smallest absolute Gasteiger partial charge is 0.147 e. The maximum atomic E-state index is 6.54. The fourth-order valence-corrected chi connectivity index (χ4v) is 7.87. The van der Waals surface area contributed by atoms with Gasteiger partial charge < -0.3 is 8.83 Å². The van der Waals surface area contributed by atoms with Crippen LogP contribution in [0, 0.1) is 0 Å². The molecule has 0 bridgehead atoms. The van der Waals surface area contributed by atoms with Gasteiger partial charge in [-0.25, -0.2) is 4.98 Å². The van der Waals surface area contributed by atoms with Gasteiger partial charge in [-0.15, -0.1) is 11.3 Å². The molecule has 0 aliphatic carbocycles. The second-order valence-electron chi connectivity index (χ2n) is 11.1. The Labute approximate surface area is 249 Å². The summed E-state index contributed by atoms with van der Waals surface area (Å²) >= 11 is 1.76. The highest BCUT2D eigenvalue weighted by Gasteiger charge is 2.22. The van der Waals surface area contributed by atoms with Crippen LogP contribution in [0.1, 0.15) is 0 Å².